The smallest absolute Gasteiger partial charge is 0.221 e. The van der Waals surface area contributed by atoms with Crippen LogP contribution in [0.4, 0.5) is 0 Å². The van der Waals surface area contributed by atoms with Gasteiger partial charge in [0.05, 0.1) is 13.0 Å². The van der Waals surface area contributed by atoms with Crippen LogP contribution >= 0.6 is 22.6 Å². The molecule has 3 nitrogen and oxygen atoms in total. The van der Waals surface area contributed by atoms with Crippen LogP contribution in [0.5, 0.6) is 0 Å². The number of aliphatic hydroxyl groups excluding tert-OH is 1. The van der Waals surface area contributed by atoms with E-state index in [9.17, 15) is 4.79 Å². The van der Waals surface area contributed by atoms with Gasteiger partial charge in [0.1, 0.15) is 0 Å². The zero-order chi connectivity index (χ0) is 9.84. The Bertz CT molecular complexity index is 325. The highest BCUT2D eigenvalue weighted by Crippen LogP contribution is 2.15. The highest BCUT2D eigenvalue weighted by molar-refractivity contribution is 14.1. The van der Waals surface area contributed by atoms with Crippen LogP contribution < -0.4 is 5.73 Å². The van der Waals surface area contributed by atoms with Crippen molar-refractivity contribution in [3.63, 3.8) is 0 Å². The molecule has 1 aromatic carbocycles. The molecule has 1 aromatic rings. The summed E-state index contributed by atoms with van der Waals surface area (Å²) < 4.78 is 0.961. The van der Waals surface area contributed by atoms with Gasteiger partial charge in [0, 0.05) is 3.57 Å². The van der Waals surface area contributed by atoms with Crippen molar-refractivity contribution in [3.8, 4) is 0 Å². The monoisotopic (exact) mass is 291 g/mol. The molecule has 4 heteroatoms. The van der Waals surface area contributed by atoms with Crippen molar-refractivity contribution >= 4 is 28.5 Å². The maximum atomic E-state index is 10.6. The summed E-state index contributed by atoms with van der Waals surface area (Å²) in [6.45, 7) is 0.0207. The van der Waals surface area contributed by atoms with Crippen molar-refractivity contribution in [1.29, 1.82) is 0 Å². The van der Waals surface area contributed by atoms with E-state index >= 15 is 0 Å². The summed E-state index contributed by atoms with van der Waals surface area (Å²) in [7, 11) is 0. The predicted molar refractivity (Wildman–Crippen MR) is 58.0 cm³/mol. The van der Waals surface area contributed by atoms with Gasteiger partial charge in [-0.3, -0.25) is 4.79 Å². The number of primary amides is 1. The lowest BCUT2D eigenvalue weighted by Crippen LogP contribution is -2.14. The fourth-order valence-corrected chi connectivity index (χ4v) is 1.79. The van der Waals surface area contributed by atoms with Gasteiger partial charge in [-0.25, -0.2) is 0 Å². The van der Waals surface area contributed by atoms with E-state index in [1.54, 1.807) is 6.07 Å². The summed E-state index contributed by atoms with van der Waals surface area (Å²) >= 11 is 2.12. The van der Waals surface area contributed by atoms with Crippen molar-refractivity contribution in [3.05, 3.63) is 32.9 Å². The second kappa shape index (κ2) is 4.57. The number of hydrogen-bond donors (Lipinski definition) is 2. The molecule has 0 bridgehead atoms. The lowest BCUT2D eigenvalue weighted by Gasteiger charge is -2.03. The summed E-state index contributed by atoms with van der Waals surface area (Å²) in [5, 5.41) is 8.84. The fraction of sp³-hybridized carbons (Fsp3) is 0.222. The molecule has 0 saturated heterocycles. The predicted octanol–water partition coefficient (Wildman–Crippen LogP) is 0.811. The average Bonchev–Trinajstić information content (AvgIpc) is 2.08. The van der Waals surface area contributed by atoms with E-state index in [0.29, 0.717) is 0 Å². The van der Waals surface area contributed by atoms with Crippen LogP contribution in [0.15, 0.2) is 18.2 Å². The number of rotatable bonds is 3. The van der Waals surface area contributed by atoms with Crippen molar-refractivity contribution in [2.75, 3.05) is 0 Å². The molecule has 0 aliphatic carbocycles. The Labute approximate surface area is 90.1 Å². The van der Waals surface area contributed by atoms with Crippen LogP contribution in [0.2, 0.25) is 0 Å². The van der Waals surface area contributed by atoms with Crippen LogP contribution in [-0.2, 0) is 17.8 Å². The van der Waals surface area contributed by atoms with E-state index in [2.05, 4.69) is 22.6 Å². The Morgan fingerprint density at radius 3 is 2.69 bits per heavy atom. The minimum Gasteiger partial charge on any atom is -0.392 e. The van der Waals surface area contributed by atoms with Crippen LogP contribution in [0.3, 0.4) is 0 Å². The molecule has 1 amide bonds. The van der Waals surface area contributed by atoms with Gasteiger partial charge >= 0.3 is 0 Å². The molecule has 0 heterocycles. The van der Waals surface area contributed by atoms with E-state index in [1.165, 1.54) is 0 Å². The van der Waals surface area contributed by atoms with Crippen molar-refractivity contribution in [1.82, 2.24) is 0 Å². The van der Waals surface area contributed by atoms with E-state index in [0.717, 1.165) is 14.7 Å². The van der Waals surface area contributed by atoms with Gasteiger partial charge < -0.3 is 10.8 Å². The third kappa shape index (κ3) is 2.96. The number of aliphatic hydroxyl groups is 1. The first-order chi connectivity index (χ1) is 6.13. The number of benzene rings is 1. The Morgan fingerprint density at radius 1 is 1.54 bits per heavy atom. The summed E-state index contributed by atoms with van der Waals surface area (Å²) in [4.78, 5) is 10.6. The van der Waals surface area contributed by atoms with Gasteiger partial charge in [0.15, 0.2) is 0 Å². The van der Waals surface area contributed by atoms with Gasteiger partial charge in [-0.05, 0) is 39.8 Å². The molecule has 0 aliphatic heterocycles. The molecule has 0 atom stereocenters. The number of amides is 1. The standard InChI is InChI=1S/C9H10INO2/c10-8-3-6(5-12)1-2-7(8)4-9(11)13/h1-3,12H,4-5H2,(H2,11,13). The van der Waals surface area contributed by atoms with Gasteiger partial charge in [0.25, 0.3) is 0 Å². The van der Waals surface area contributed by atoms with Crippen LogP contribution in [-0.4, -0.2) is 11.0 Å². The molecule has 0 spiro atoms. The zero-order valence-corrected chi connectivity index (χ0v) is 9.11. The number of nitrogens with two attached hydrogens (primary N) is 1. The first-order valence-electron chi connectivity index (χ1n) is 3.80. The second-order valence-corrected chi connectivity index (χ2v) is 3.89. The number of carbonyl (C=O) groups excluding carboxylic acids is 1. The van der Waals surface area contributed by atoms with Crippen molar-refractivity contribution in [2.24, 2.45) is 5.73 Å². The Balaban J connectivity index is 2.91. The SMILES string of the molecule is NC(=O)Cc1ccc(CO)cc1I. The second-order valence-electron chi connectivity index (χ2n) is 2.73. The molecule has 70 valence electrons. The van der Waals surface area contributed by atoms with E-state index in [-0.39, 0.29) is 18.9 Å². The quantitative estimate of drug-likeness (QED) is 0.810. The molecule has 0 unspecified atom stereocenters. The largest absolute Gasteiger partial charge is 0.392 e. The van der Waals surface area contributed by atoms with Crippen LogP contribution in [0, 0.1) is 3.57 Å². The minimum absolute atomic E-state index is 0.0207. The molecule has 0 saturated carbocycles. The highest BCUT2D eigenvalue weighted by atomic mass is 127. The van der Waals surface area contributed by atoms with E-state index in [1.807, 2.05) is 12.1 Å². The summed E-state index contributed by atoms with van der Waals surface area (Å²) in [6.07, 6.45) is 0.254. The number of hydrogen-bond acceptors (Lipinski definition) is 2. The van der Waals surface area contributed by atoms with Crippen molar-refractivity contribution in [2.45, 2.75) is 13.0 Å². The van der Waals surface area contributed by atoms with Gasteiger partial charge in [-0.2, -0.15) is 0 Å². The van der Waals surface area contributed by atoms with Crippen LogP contribution in [0.1, 0.15) is 11.1 Å². The van der Waals surface area contributed by atoms with Gasteiger partial charge in [0.2, 0.25) is 5.91 Å². The maximum Gasteiger partial charge on any atom is 0.221 e. The highest BCUT2D eigenvalue weighted by Gasteiger charge is 2.03. The topological polar surface area (TPSA) is 63.3 Å². The van der Waals surface area contributed by atoms with Crippen LogP contribution in [0.25, 0.3) is 0 Å². The normalized spacial score (nSPS) is 10.0. The lowest BCUT2D eigenvalue weighted by molar-refractivity contribution is -0.117. The molecule has 1 rings (SSSR count). The molecule has 0 aromatic heterocycles. The molecular formula is C9H10INO2. The van der Waals surface area contributed by atoms with Gasteiger partial charge in [-0.15, -0.1) is 0 Å². The van der Waals surface area contributed by atoms with E-state index in [4.69, 9.17) is 10.8 Å². The minimum atomic E-state index is -0.338. The third-order valence-electron chi connectivity index (χ3n) is 1.66. The molecule has 13 heavy (non-hydrogen) atoms. The Hall–Kier alpha value is -0.620. The lowest BCUT2D eigenvalue weighted by atomic mass is 10.1. The van der Waals surface area contributed by atoms with Crippen molar-refractivity contribution < 1.29 is 9.90 Å². The summed E-state index contributed by atoms with van der Waals surface area (Å²) in [5.41, 5.74) is 6.82. The van der Waals surface area contributed by atoms with E-state index < -0.39 is 0 Å². The number of halogens is 1. The average molecular weight is 291 g/mol. The first-order valence-corrected chi connectivity index (χ1v) is 4.88. The number of carbonyl (C=O) groups is 1. The zero-order valence-electron chi connectivity index (χ0n) is 6.96. The molecular weight excluding hydrogens is 281 g/mol. The molecule has 0 radical (unpaired) electrons. The Morgan fingerprint density at radius 2 is 2.23 bits per heavy atom. The third-order valence-corrected chi connectivity index (χ3v) is 2.67. The first kappa shape index (κ1) is 10.5. The molecule has 0 aliphatic rings. The maximum absolute atomic E-state index is 10.6. The van der Waals surface area contributed by atoms with Gasteiger partial charge in [-0.1, -0.05) is 12.1 Å². The molecule has 0 fully saturated rings. The summed E-state index contributed by atoms with van der Waals surface area (Å²) in [5.74, 6) is -0.338. The summed E-state index contributed by atoms with van der Waals surface area (Å²) in [6, 6.07) is 5.46. The fourth-order valence-electron chi connectivity index (χ4n) is 1.02. The molecule has 3 N–H and O–H groups in total. The Kier molecular flexibility index (Phi) is 3.68.